The maximum absolute atomic E-state index is 13.9. The molecule has 0 amide bonds. The summed E-state index contributed by atoms with van der Waals surface area (Å²) < 4.78 is 44.7. The van der Waals surface area contributed by atoms with E-state index in [1.54, 1.807) is 6.92 Å². The Balaban J connectivity index is 2.34. The minimum absolute atomic E-state index is 0.0701. The highest BCUT2D eigenvalue weighted by atomic mass is 19.2. The Kier molecular flexibility index (Phi) is 4.08. The summed E-state index contributed by atoms with van der Waals surface area (Å²) in [5.74, 6) is -3.14. The van der Waals surface area contributed by atoms with Gasteiger partial charge in [-0.1, -0.05) is 13.0 Å². The van der Waals surface area contributed by atoms with Crippen molar-refractivity contribution in [1.29, 1.82) is 0 Å². The molecule has 0 radical (unpaired) electrons. The van der Waals surface area contributed by atoms with Crippen molar-refractivity contribution >= 4 is 5.97 Å². The summed E-state index contributed by atoms with van der Waals surface area (Å²) in [6.07, 6.45) is 0.173. The number of carbonyl (C=O) groups excluding carboxylic acids is 1. The molecule has 0 aliphatic heterocycles. The van der Waals surface area contributed by atoms with Gasteiger partial charge in [0, 0.05) is 18.1 Å². The third kappa shape index (κ3) is 2.99. The van der Waals surface area contributed by atoms with Crippen LogP contribution in [0.1, 0.15) is 13.3 Å². The van der Waals surface area contributed by atoms with E-state index in [2.05, 4.69) is 0 Å². The average molecular weight is 280 g/mol. The molecular formula is C15H11F3O2. The van der Waals surface area contributed by atoms with Gasteiger partial charge in [0.05, 0.1) is 0 Å². The molecule has 5 heteroatoms. The molecule has 0 aromatic heterocycles. The van der Waals surface area contributed by atoms with Crippen LogP contribution in [-0.4, -0.2) is 5.97 Å². The first kappa shape index (κ1) is 14.1. The van der Waals surface area contributed by atoms with Gasteiger partial charge >= 0.3 is 5.97 Å². The van der Waals surface area contributed by atoms with Gasteiger partial charge in [0.15, 0.2) is 11.6 Å². The molecule has 0 saturated heterocycles. The molecule has 0 fully saturated rings. The molecule has 0 heterocycles. The molecule has 0 aliphatic carbocycles. The second kappa shape index (κ2) is 5.77. The first-order valence-corrected chi connectivity index (χ1v) is 5.97. The maximum atomic E-state index is 13.9. The van der Waals surface area contributed by atoms with E-state index in [4.69, 9.17) is 4.74 Å². The van der Waals surface area contributed by atoms with Gasteiger partial charge < -0.3 is 4.74 Å². The molecule has 104 valence electrons. The Morgan fingerprint density at radius 2 is 1.75 bits per heavy atom. The Labute approximate surface area is 113 Å². The lowest BCUT2D eigenvalue weighted by molar-refractivity contribution is -0.134. The van der Waals surface area contributed by atoms with Crippen molar-refractivity contribution in [2.24, 2.45) is 0 Å². The van der Waals surface area contributed by atoms with Crippen molar-refractivity contribution in [1.82, 2.24) is 0 Å². The summed E-state index contributed by atoms with van der Waals surface area (Å²) in [4.78, 5) is 11.1. The van der Waals surface area contributed by atoms with Crippen LogP contribution in [0.2, 0.25) is 0 Å². The first-order chi connectivity index (χ1) is 9.51. The van der Waals surface area contributed by atoms with Crippen molar-refractivity contribution < 1.29 is 22.7 Å². The standard InChI is InChI=1S/C15H11F3O2/c1-2-15(19)20-10-4-5-11(13(17)8-10)9-3-6-12(16)14(18)7-9/h3-8H,2H2,1H3. The highest BCUT2D eigenvalue weighted by Gasteiger charge is 2.11. The normalized spacial score (nSPS) is 10.4. The van der Waals surface area contributed by atoms with Crippen LogP contribution in [0.5, 0.6) is 5.75 Å². The quantitative estimate of drug-likeness (QED) is 0.625. The Morgan fingerprint density at radius 3 is 2.35 bits per heavy atom. The van der Waals surface area contributed by atoms with E-state index in [0.717, 1.165) is 18.2 Å². The van der Waals surface area contributed by atoms with Gasteiger partial charge in [0.2, 0.25) is 0 Å². The second-order valence-electron chi connectivity index (χ2n) is 4.10. The van der Waals surface area contributed by atoms with E-state index in [0.29, 0.717) is 0 Å². The van der Waals surface area contributed by atoms with E-state index >= 15 is 0 Å². The van der Waals surface area contributed by atoms with Crippen LogP contribution in [0, 0.1) is 17.5 Å². The van der Waals surface area contributed by atoms with Crippen molar-refractivity contribution in [3.05, 3.63) is 53.8 Å². The Hall–Kier alpha value is -2.30. The maximum Gasteiger partial charge on any atom is 0.310 e. The van der Waals surface area contributed by atoms with Gasteiger partial charge in [0.25, 0.3) is 0 Å². The summed E-state index contributed by atoms with van der Waals surface area (Å²) in [5, 5.41) is 0. The number of carbonyl (C=O) groups is 1. The second-order valence-corrected chi connectivity index (χ2v) is 4.10. The van der Waals surface area contributed by atoms with Crippen molar-refractivity contribution in [3.63, 3.8) is 0 Å². The van der Waals surface area contributed by atoms with Gasteiger partial charge in [-0.2, -0.15) is 0 Å². The molecule has 0 aliphatic rings. The monoisotopic (exact) mass is 280 g/mol. The van der Waals surface area contributed by atoms with Crippen molar-refractivity contribution in [3.8, 4) is 16.9 Å². The van der Waals surface area contributed by atoms with Crippen LogP contribution in [0.3, 0.4) is 0 Å². The highest BCUT2D eigenvalue weighted by molar-refractivity contribution is 5.72. The Morgan fingerprint density at radius 1 is 1.00 bits per heavy atom. The SMILES string of the molecule is CCC(=O)Oc1ccc(-c2ccc(F)c(F)c2)c(F)c1. The van der Waals surface area contributed by atoms with E-state index in [1.807, 2.05) is 0 Å². The molecule has 2 aromatic carbocycles. The topological polar surface area (TPSA) is 26.3 Å². The number of esters is 1. The molecular weight excluding hydrogens is 269 g/mol. The number of hydrogen-bond donors (Lipinski definition) is 0. The van der Waals surface area contributed by atoms with E-state index < -0.39 is 23.4 Å². The van der Waals surface area contributed by atoms with Crippen LogP contribution in [0.25, 0.3) is 11.1 Å². The highest BCUT2D eigenvalue weighted by Crippen LogP contribution is 2.27. The van der Waals surface area contributed by atoms with Gasteiger partial charge in [0.1, 0.15) is 11.6 Å². The third-order valence-electron chi connectivity index (χ3n) is 2.69. The minimum atomic E-state index is -1.05. The zero-order valence-corrected chi connectivity index (χ0v) is 10.6. The van der Waals surface area contributed by atoms with E-state index in [9.17, 15) is 18.0 Å². The lowest BCUT2D eigenvalue weighted by Gasteiger charge is -2.07. The number of ether oxygens (including phenoxy) is 1. The Bertz CT molecular complexity index is 654. The van der Waals surface area contributed by atoms with Crippen LogP contribution < -0.4 is 4.74 Å². The van der Waals surface area contributed by atoms with Crippen molar-refractivity contribution in [2.45, 2.75) is 13.3 Å². The fraction of sp³-hybridized carbons (Fsp3) is 0.133. The van der Waals surface area contributed by atoms with Gasteiger partial charge in [-0.25, -0.2) is 13.2 Å². The molecule has 2 rings (SSSR count). The van der Waals surface area contributed by atoms with E-state index in [1.165, 1.54) is 18.2 Å². The molecule has 0 bridgehead atoms. The molecule has 0 saturated carbocycles. The zero-order valence-electron chi connectivity index (χ0n) is 10.6. The third-order valence-corrected chi connectivity index (χ3v) is 2.69. The first-order valence-electron chi connectivity index (χ1n) is 5.97. The fourth-order valence-electron chi connectivity index (χ4n) is 1.66. The fourth-order valence-corrected chi connectivity index (χ4v) is 1.66. The molecule has 0 spiro atoms. The number of halogens is 3. The smallest absolute Gasteiger partial charge is 0.310 e. The number of hydrogen-bond acceptors (Lipinski definition) is 2. The summed E-state index contributed by atoms with van der Waals surface area (Å²) in [6, 6.07) is 6.88. The number of benzene rings is 2. The lowest BCUT2D eigenvalue weighted by atomic mass is 10.0. The molecule has 2 aromatic rings. The van der Waals surface area contributed by atoms with Crippen molar-refractivity contribution in [2.75, 3.05) is 0 Å². The molecule has 0 unspecified atom stereocenters. The average Bonchev–Trinajstić information content (AvgIpc) is 2.42. The largest absolute Gasteiger partial charge is 0.426 e. The zero-order chi connectivity index (χ0) is 14.7. The predicted molar refractivity (Wildman–Crippen MR) is 67.7 cm³/mol. The summed E-state index contributed by atoms with van der Waals surface area (Å²) in [7, 11) is 0. The molecule has 20 heavy (non-hydrogen) atoms. The molecule has 0 N–H and O–H groups in total. The van der Waals surface area contributed by atoms with Gasteiger partial charge in [-0.05, 0) is 29.8 Å². The van der Waals surface area contributed by atoms with Crippen LogP contribution in [0.4, 0.5) is 13.2 Å². The van der Waals surface area contributed by atoms with Crippen LogP contribution >= 0.6 is 0 Å². The van der Waals surface area contributed by atoms with Crippen LogP contribution in [-0.2, 0) is 4.79 Å². The van der Waals surface area contributed by atoms with Gasteiger partial charge in [-0.15, -0.1) is 0 Å². The predicted octanol–water partition coefficient (Wildman–Crippen LogP) is 4.09. The summed E-state index contributed by atoms with van der Waals surface area (Å²) >= 11 is 0. The summed E-state index contributed by atoms with van der Waals surface area (Å²) in [6.45, 7) is 1.62. The van der Waals surface area contributed by atoms with Gasteiger partial charge in [-0.3, -0.25) is 4.79 Å². The van der Waals surface area contributed by atoms with E-state index in [-0.39, 0.29) is 23.3 Å². The summed E-state index contributed by atoms with van der Waals surface area (Å²) in [5.41, 5.74) is 0.301. The lowest BCUT2D eigenvalue weighted by Crippen LogP contribution is -2.05. The number of rotatable bonds is 3. The molecule has 2 nitrogen and oxygen atoms in total. The minimum Gasteiger partial charge on any atom is -0.426 e. The van der Waals surface area contributed by atoms with Crippen LogP contribution in [0.15, 0.2) is 36.4 Å². The molecule has 0 atom stereocenters.